The molecule has 6 heteroatoms. The van der Waals surface area contributed by atoms with Gasteiger partial charge in [0.05, 0.1) is 16.6 Å². The van der Waals surface area contributed by atoms with E-state index in [1.165, 1.54) is 19.2 Å². The van der Waals surface area contributed by atoms with Gasteiger partial charge < -0.3 is 5.32 Å². The minimum absolute atomic E-state index is 0.0151. The summed E-state index contributed by atoms with van der Waals surface area (Å²) in [7, 11) is 1.45. The fraction of sp³-hybridized carbons (Fsp3) is 0.118. The Balaban J connectivity index is 2.05. The van der Waals surface area contributed by atoms with Crippen molar-refractivity contribution in [1.29, 1.82) is 0 Å². The van der Waals surface area contributed by atoms with Crippen LogP contribution in [0.15, 0.2) is 47.3 Å². The van der Waals surface area contributed by atoms with E-state index in [4.69, 9.17) is 0 Å². The molecule has 23 heavy (non-hydrogen) atoms. The van der Waals surface area contributed by atoms with Gasteiger partial charge in [-0.25, -0.2) is 9.49 Å². The molecule has 0 saturated carbocycles. The van der Waals surface area contributed by atoms with E-state index in [1.807, 2.05) is 12.1 Å². The molecule has 2 aromatic carbocycles. The third-order valence-electron chi connectivity index (χ3n) is 3.65. The third-order valence-corrected chi connectivity index (χ3v) is 3.65. The summed E-state index contributed by atoms with van der Waals surface area (Å²) in [6, 6.07) is 11.5. The first-order valence-electron chi connectivity index (χ1n) is 7.07. The van der Waals surface area contributed by atoms with Crippen LogP contribution in [0.5, 0.6) is 0 Å². The van der Waals surface area contributed by atoms with Crippen molar-refractivity contribution in [2.24, 2.45) is 0 Å². The molecule has 3 rings (SSSR count). The van der Waals surface area contributed by atoms with Gasteiger partial charge in [-0.3, -0.25) is 9.59 Å². The molecule has 0 fully saturated rings. The van der Waals surface area contributed by atoms with E-state index in [0.717, 1.165) is 10.9 Å². The maximum absolute atomic E-state index is 13.7. The fourth-order valence-electron chi connectivity index (χ4n) is 2.49. The Morgan fingerprint density at radius 3 is 2.70 bits per heavy atom. The van der Waals surface area contributed by atoms with Crippen molar-refractivity contribution in [3.63, 3.8) is 0 Å². The van der Waals surface area contributed by atoms with Gasteiger partial charge in [0.15, 0.2) is 0 Å². The van der Waals surface area contributed by atoms with Crippen LogP contribution >= 0.6 is 0 Å². The van der Waals surface area contributed by atoms with Crippen LogP contribution in [0.1, 0.15) is 21.6 Å². The highest BCUT2D eigenvalue weighted by molar-refractivity contribution is 5.94. The molecule has 0 aliphatic carbocycles. The molecule has 0 aliphatic heterocycles. The van der Waals surface area contributed by atoms with Crippen molar-refractivity contribution in [3.05, 3.63) is 75.5 Å². The molecule has 0 radical (unpaired) electrons. The second-order valence-electron chi connectivity index (χ2n) is 5.12. The number of carbonyl (C=O) groups excluding carboxylic acids is 1. The number of amides is 1. The van der Waals surface area contributed by atoms with Crippen LogP contribution in [0.3, 0.4) is 0 Å². The molecule has 3 aromatic rings. The lowest BCUT2D eigenvalue weighted by molar-refractivity contribution is 0.0959. The molecule has 0 unspecified atom stereocenters. The molecule has 2 N–H and O–H groups in total. The minimum Gasteiger partial charge on any atom is -0.355 e. The number of H-pyrrole nitrogens is 1. The van der Waals surface area contributed by atoms with Gasteiger partial charge in [-0.15, -0.1) is 0 Å². The zero-order valence-corrected chi connectivity index (χ0v) is 12.4. The van der Waals surface area contributed by atoms with E-state index < -0.39 is 11.7 Å². The average Bonchev–Trinajstić information content (AvgIpc) is 2.58. The number of nitrogens with one attached hydrogen (secondary N) is 2. The van der Waals surface area contributed by atoms with Crippen molar-refractivity contribution < 1.29 is 9.18 Å². The lowest BCUT2D eigenvalue weighted by Gasteiger charge is -2.07. The van der Waals surface area contributed by atoms with Crippen molar-refractivity contribution in [1.82, 2.24) is 15.5 Å². The van der Waals surface area contributed by atoms with Crippen molar-refractivity contribution in [2.45, 2.75) is 6.42 Å². The van der Waals surface area contributed by atoms with Gasteiger partial charge >= 0.3 is 0 Å². The summed E-state index contributed by atoms with van der Waals surface area (Å²) in [5.74, 6) is -1.06. The molecule has 0 aliphatic rings. The van der Waals surface area contributed by atoms with E-state index >= 15 is 0 Å². The first-order valence-corrected chi connectivity index (χ1v) is 7.07. The number of hydrogen-bond donors (Lipinski definition) is 2. The predicted octanol–water partition coefficient (Wildman–Crippen LogP) is 2.01. The first kappa shape index (κ1) is 14.9. The summed E-state index contributed by atoms with van der Waals surface area (Å²) in [6.45, 7) is 0. The molecule has 1 aromatic heterocycles. The van der Waals surface area contributed by atoms with Crippen molar-refractivity contribution in [3.8, 4) is 0 Å². The summed E-state index contributed by atoms with van der Waals surface area (Å²) in [6.07, 6.45) is 0.377. The van der Waals surface area contributed by atoms with E-state index in [-0.39, 0.29) is 11.1 Å². The second kappa shape index (κ2) is 6.00. The molecule has 116 valence electrons. The molecule has 0 spiro atoms. The van der Waals surface area contributed by atoms with Gasteiger partial charge in [0.25, 0.3) is 11.5 Å². The highest BCUT2D eigenvalue weighted by Crippen LogP contribution is 2.18. The summed E-state index contributed by atoms with van der Waals surface area (Å²) in [4.78, 5) is 23.5. The van der Waals surface area contributed by atoms with Crippen LogP contribution in [0.4, 0.5) is 4.39 Å². The topological polar surface area (TPSA) is 74.8 Å². The molecule has 0 saturated heterocycles. The number of benzene rings is 2. The maximum atomic E-state index is 13.7. The normalized spacial score (nSPS) is 10.7. The van der Waals surface area contributed by atoms with E-state index in [1.54, 1.807) is 18.2 Å². The number of aromatic amines is 1. The maximum Gasteiger partial charge on any atom is 0.272 e. The second-order valence-corrected chi connectivity index (χ2v) is 5.12. The molecular weight excluding hydrogens is 297 g/mol. The number of halogens is 1. The molecule has 5 nitrogen and oxygen atoms in total. The Kier molecular flexibility index (Phi) is 3.89. The van der Waals surface area contributed by atoms with E-state index in [2.05, 4.69) is 15.5 Å². The smallest absolute Gasteiger partial charge is 0.272 e. The number of nitrogens with zero attached hydrogens (tertiary/aromatic N) is 1. The largest absolute Gasteiger partial charge is 0.355 e. The van der Waals surface area contributed by atoms with Crippen LogP contribution in [-0.4, -0.2) is 23.2 Å². The first-order chi connectivity index (χ1) is 11.1. The van der Waals surface area contributed by atoms with E-state index in [0.29, 0.717) is 17.5 Å². The lowest BCUT2D eigenvalue weighted by atomic mass is 10.0. The van der Waals surface area contributed by atoms with Crippen LogP contribution in [0, 0.1) is 5.82 Å². The molecular formula is C17H14FN3O2. The molecule has 0 bridgehead atoms. The predicted molar refractivity (Wildman–Crippen MR) is 85.0 cm³/mol. The Morgan fingerprint density at radius 1 is 1.22 bits per heavy atom. The zero-order chi connectivity index (χ0) is 16.4. The lowest BCUT2D eigenvalue weighted by Crippen LogP contribution is -2.19. The Hall–Kier alpha value is -3.02. The number of rotatable bonds is 3. The highest BCUT2D eigenvalue weighted by atomic mass is 19.1. The number of aromatic nitrogens is 2. The summed E-state index contributed by atoms with van der Waals surface area (Å²) >= 11 is 0. The van der Waals surface area contributed by atoms with Crippen LogP contribution in [0.2, 0.25) is 0 Å². The van der Waals surface area contributed by atoms with Gasteiger partial charge in [0.1, 0.15) is 5.82 Å². The van der Waals surface area contributed by atoms with Crippen molar-refractivity contribution in [2.75, 3.05) is 7.05 Å². The summed E-state index contributed by atoms with van der Waals surface area (Å²) in [5, 5.41) is 10.2. The van der Waals surface area contributed by atoms with Crippen LogP contribution < -0.4 is 10.9 Å². The Bertz CT molecular complexity index is 950. The molecule has 1 heterocycles. The Morgan fingerprint density at radius 2 is 1.96 bits per heavy atom. The fourth-order valence-corrected chi connectivity index (χ4v) is 2.49. The Labute approximate surface area is 131 Å². The van der Waals surface area contributed by atoms with Crippen molar-refractivity contribution >= 4 is 16.7 Å². The SMILES string of the molecule is CNC(=O)c1cc(Cc2n[nH]c(=O)c3ccccc23)ccc1F. The van der Waals surface area contributed by atoms with Gasteiger partial charge in [-0.2, -0.15) is 5.10 Å². The van der Waals surface area contributed by atoms with Gasteiger partial charge in [0.2, 0.25) is 0 Å². The van der Waals surface area contributed by atoms with E-state index in [9.17, 15) is 14.0 Å². The number of fused-ring (bicyclic) bond motifs is 1. The zero-order valence-electron chi connectivity index (χ0n) is 12.4. The van der Waals surface area contributed by atoms with Crippen LogP contribution in [0.25, 0.3) is 10.8 Å². The van der Waals surface area contributed by atoms with Gasteiger partial charge in [-0.05, 0) is 23.8 Å². The molecule has 0 atom stereocenters. The standard InChI is InChI=1S/C17H14FN3O2/c1-19-16(22)13-8-10(6-7-14(13)18)9-15-11-4-2-3-5-12(11)17(23)21-20-15/h2-8H,9H2,1H3,(H,19,22)(H,21,23). The van der Waals surface area contributed by atoms with Crippen LogP contribution in [-0.2, 0) is 6.42 Å². The number of carbonyl (C=O) groups is 1. The molecule has 1 amide bonds. The summed E-state index contributed by atoms with van der Waals surface area (Å²) < 4.78 is 13.7. The third kappa shape index (κ3) is 2.83. The average molecular weight is 311 g/mol. The monoisotopic (exact) mass is 311 g/mol. The quantitative estimate of drug-likeness (QED) is 0.777. The minimum atomic E-state index is -0.576. The van der Waals surface area contributed by atoms with Gasteiger partial charge in [0, 0.05) is 18.9 Å². The highest BCUT2D eigenvalue weighted by Gasteiger charge is 2.13. The summed E-state index contributed by atoms with van der Waals surface area (Å²) in [5.41, 5.74) is 1.12. The van der Waals surface area contributed by atoms with Gasteiger partial charge in [-0.1, -0.05) is 24.3 Å². The number of hydrogen-bond acceptors (Lipinski definition) is 3.